The van der Waals surface area contributed by atoms with Crippen molar-refractivity contribution in [1.82, 2.24) is 0 Å². The number of amides is 1. The topological polar surface area (TPSA) is 84.9 Å². The summed E-state index contributed by atoms with van der Waals surface area (Å²) in [6.07, 6.45) is 0.562. The normalized spacial score (nSPS) is 16.8. The molecule has 1 heterocycles. The van der Waals surface area contributed by atoms with Gasteiger partial charge in [-0.2, -0.15) is 0 Å². The Morgan fingerprint density at radius 3 is 2.73 bits per heavy atom. The number of fused-ring (bicyclic) bond motifs is 1. The van der Waals surface area contributed by atoms with Gasteiger partial charge in [0.2, 0.25) is 10.0 Å². The largest absolute Gasteiger partial charge is 0.497 e. The highest BCUT2D eigenvalue weighted by molar-refractivity contribution is 7.92. The molecule has 1 aliphatic rings. The number of methoxy groups -OCH3 is 1. The third kappa shape index (κ3) is 3.91. The van der Waals surface area contributed by atoms with Crippen molar-refractivity contribution in [3.8, 4) is 11.5 Å². The number of hydrogen-bond acceptors (Lipinski definition) is 5. The van der Waals surface area contributed by atoms with Crippen molar-refractivity contribution in [3.63, 3.8) is 0 Å². The first-order chi connectivity index (χ1) is 12.4. The lowest BCUT2D eigenvalue weighted by Gasteiger charge is -2.20. The van der Waals surface area contributed by atoms with Gasteiger partial charge in [-0.15, -0.1) is 0 Å². The van der Waals surface area contributed by atoms with E-state index in [0.717, 1.165) is 6.26 Å². The number of carbonyl (C=O) groups excluding carboxylic acids is 1. The Balaban J connectivity index is 1.83. The SMILES string of the molecule is COc1cccc(NC(=O)C2CCN(S(C)(=O)=O)c3ccccc3O2)c1. The monoisotopic (exact) mass is 376 g/mol. The van der Waals surface area contributed by atoms with Crippen LogP contribution in [0.1, 0.15) is 6.42 Å². The number of nitrogens with one attached hydrogen (secondary N) is 1. The maximum absolute atomic E-state index is 12.6. The molecule has 0 fully saturated rings. The Bertz CT molecular complexity index is 913. The molecule has 0 saturated carbocycles. The van der Waals surface area contributed by atoms with Crippen LogP contribution in [-0.2, 0) is 14.8 Å². The Morgan fingerprint density at radius 1 is 1.23 bits per heavy atom. The molecule has 0 bridgehead atoms. The molecule has 1 N–H and O–H groups in total. The van der Waals surface area contributed by atoms with Crippen LogP contribution in [-0.4, -0.2) is 40.3 Å². The number of sulfonamides is 1. The van der Waals surface area contributed by atoms with Gasteiger partial charge in [-0.3, -0.25) is 9.10 Å². The van der Waals surface area contributed by atoms with Crippen LogP contribution in [0.5, 0.6) is 11.5 Å². The van der Waals surface area contributed by atoms with Crippen LogP contribution in [0, 0.1) is 0 Å². The fourth-order valence-corrected chi connectivity index (χ4v) is 3.73. The first-order valence-electron chi connectivity index (χ1n) is 8.07. The van der Waals surface area contributed by atoms with E-state index in [1.54, 1.807) is 55.6 Å². The van der Waals surface area contributed by atoms with Crippen molar-refractivity contribution in [3.05, 3.63) is 48.5 Å². The van der Waals surface area contributed by atoms with Crippen LogP contribution >= 0.6 is 0 Å². The molecule has 26 heavy (non-hydrogen) atoms. The molecular formula is C18H20N2O5S. The minimum Gasteiger partial charge on any atom is -0.497 e. The van der Waals surface area contributed by atoms with Gasteiger partial charge in [0.05, 0.1) is 19.1 Å². The Kier molecular flexibility index (Phi) is 5.03. The second-order valence-electron chi connectivity index (χ2n) is 5.92. The number of carbonyl (C=O) groups is 1. The lowest BCUT2D eigenvalue weighted by molar-refractivity contribution is -0.122. The van der Waals surface area contributed by atoms with E-state index in [1.807, 2.05) is 0 Å². The van der Waals surface area contributed by atoms with Crippen LogP contribution in [0.15, 0.2) is 48.5 Å². The van der Waals surface area contributed by atoms with Gasteiger partial charge in [-0.25, -0.2) is 8.42 Å². The van der Waals surface area contributed by atoms with Gasteiger partial charge in [0.15, 0.2) is 6.10 Å². The average molecular weight is 376 g/mol. The predicted octanol–water partition coefficient (Wildman–Crippen LogP) is 2.25. The van der Waals surface area contributed by atoms with Gasteiger partial charge in [0.25, 0.3) is 5.91 Å². The Labute approximate surface area is 152 Å². The zero-order chi connectivity index (χ0) is 18.7. The van der Waals surface area contributed by atoms with E-state index in [0.29, 0.717) is 22.9 Å². The lowest BCUT2D eigenvalue weighted by Crippen LogP contribution is -2.35. The molecule has 7 nitrogen and oxygen atoms in total. The second kappa shape index (κ2) is 7.25. The minimum atomic E-state index is -3.47. The maximum Gasteiger partial charge on any atom is 0.265 e. The molecule has 0 saturated heterocycles. The van der Waals surface area contributed by atoms with Crippen molar-refractivity contribution in [1.29, 1.82) is 0 Å². The first-order valence-corrected chi connectivity index (χ1v) is 9.91. The molecular weight excluding hydrogens is 356 g/mol. The number of rotatable bonds is 4. The van der Waals surface area contributed by atoms with E-state index in [1.165, 1.54) is 4.31 Å². The molecule has 1 amide bonds. The molecule has 1 atom stereocenters. The molecule has 0 spiro atoms. The highest BCUT2D eigenvalue weighted by Crippen LogP contribution is 2.34. The molecule has 138 valence electrons. The molecule has 1 unspecified atom stereocenters. The number of ether oxygens (including phenoxy) is 2. The predicted molar refractivity (Wildman–Crippen MR) is 99.3 cm³/mol. The standard InChI is InChI=1S/C18H20N2O5S/c1-24-14-7-5-6-13(12-14)19-18(21)17-10-11-20(26(2,22)23)15-8-3-4-9-16(15)25-17/h3-9,12,17H,10-11H2,1-2H3,(H,19,21). The fourth-order valence-electron chi connectivity index (χ4n) is 2.78. The highest BCUT2D eigenvalue weighted by atomic mass is 32.2. The molecule has 8 heteroatoms. The second-order valence-corrected chi connectivity index (χ2v) is 7.83. The zero-order valence-electron chi connectivity index (χ0n) is 14.5. The Morgan fingerprint density at radius 2 is 2.00 bits per heavy atom. The summed E-state index contributed by atoms with van der Waals surface area (Å²) in [6, 6.07) is 13.8. The molecule has 0 radical (unpaired) electrons. The van der Waals surface area contributed by atoms with E-state index in [9.17, 15) is 13.2 Å². The Hall–Kier alpha value is -2.74. The maximum atomic E-state index is 12.6. The first kappa shape index (κ1) is 18.1. The molecule has 0 aliphatic carbocycles. The quantitative estimate of drug-likeness (QED) is 0.885. The average Bonchev–Trinajstić information content (AvgIpc) is 2.81. The number of benzene rings is 2. The van der Waals surface area contributed by atoms with E-state index < -0.39 is 16.1 Å². The number of hydrogen-bond donors (Lipinski definition) is 1. The van der Waals surface area contributed by atoms with Crippen molar-refractivity contribution in [2.24, 2.45) is 0 Å². The molecule has 2 aromatic rings. The van der Waals surface area contributed by atoms with E-state index in [4.69, 9.17) is 9.47 Å². The summed E-state index contributed by atoms with van der Waals surface area (Å²) >= 11 is 0. The van der Waals surface area contributed by atoms with Crippen molar-refractivity contribution < 1.29 is 22.7 Å². The summed E-state index contributed by atoms with van der Waals surface area (Å²) < 4.78 is 36.4. The van der Waals surface area contributed by atoms with Gasteiger partial charge in [0, 0.05) is 24.7 Å². The third-order valence-corrected chi connectivity index (χ3v) is 5.21. The summed E-state index contributed by atoms with van der Waals surface area (Å²) in [5.74, 6) is 0.641. The summed E-state index contributed by atoms with van der Waals surface area (Å²) in [4.78, 5) is 12.6. The summed E-state index contributed by atoms with van der Waals surface area (Å²) in [6.45, 7) is 0.159. The molecule has 2 aromatic carbocycles. The number of para-hydroxylation sites is 2. The van der Waals surface area contributed by atoms with Crippen molar-refractivity contribution in [2.45, 2.75) is 12.5 Å². The van der Waals surface area contributed by atoms with Gasteiger partial charge < -0.3 is 14.8 Å². The van der Waals surface area contributed by atoms with Crippen LogP contribution in [0.4, 0.5) is 11.4 Å². The van der Waals surface area contributed by atoms with Gasteiger partial charge in [-0.05, 0) is 24.3 Å². The van der Waals surface area contributed by atoms with Crippen molar-refractivity contribution >= 4 is 27.3 Å². The fraction of sp³-hybridized carbons (Fsp3) is 0.278. The minimum absolute atomic E-state index is 0.159. The molecule has 1 aliphatic heterocycles. The van der Waals surface area contributed by atoms with Crippen LogP contribution in [0.2, 0.25) is 0 Å². The third-order valence-electron chi connectivity index (χ3n) is 4.03. The van der Waals surface area contributed by atoms with E-state index in [2.05, 4.69) is 5.32 Å². The number of nitrogens with zero attached hydrogens (tertiary/aromatic N) is 1. The van der Waals surface area contributed by atoms with Crippen LogP contribution in [0.25, 0.3) is 0 Å². The van der Waals surface area contributed by atoms with E-state index in [-0.39, 0.29) is 18.9 Å². The van der Waals surface area contributed by atoms with Crippen molar-refractivity contribution in [2.75, 3.05) is 29.5 Å². The lowest BCUT2D eigenvalue weighted by atomic mass is 10.2. The summed E-state index contributed by atoms with van der Waals surface area (Å²) in [5.41, 5.74) is 1.02. The summed E-state index contributed by atoms with van der Waals surface area (Å²) in [5, 5.41) is 2.79. The van der Waals surface area contributed by atoms with Gasteiger partial charge in [0.1, 0.15) is 11.5 Å². The van der Waals surface area contributed by atoms with Crippen LogP contribution in [0.3, 0.4) is 0 Å². The van der Waals surface area contributed by atoms with Crippen LogP contribution < -0.4 is 19.1 Å². The summed E-state index contributed by atoms with van der Waals surface area (Å²) in [7, 11) is -1.93. The molecule has 0 aromatic heterocycles. The highest BCUT2D eigenvalue weighted by Gasteiger charge is 2.31. The van der Waals surface area contributed by atoms with Gasteiger partial charge >= 0.3 is 0 Å². The number of anilines is 2. The van der Waals surface area contributed by atoms with Gasteiger partial charge in [-0.1, -0.05) is 18.2 Å². The smallest absolute Gasteiger partial charge is 0.265 e. The molecule has 3 rings (SSSR count). The van der Waals surface area contributed by atoms with E-state index >= 15 is 0 Å². The zero-order valence-corrected chi connectivity index (χ0v) is 15.3.